The second-order valence-electron chi connectivity index (χ2n) is 2.69. The third-order valence-corrected chi connectivity index (χ3v) is 1.74. The van der Waals surface area contributed by atoms with E-state index in [0.29, 0.717) is 5.76 Å². The van der Waals surface area contributed by atoms with E-state index < -0.39 is 0 Å². The lowest BCUT2D eigenvalue weighted by Crippen LogP contribution is -2.14. The highest BCUT2D eigenvalue weighted by atomic mass is 16.5. The molecule has 0 aromatic carbocycles. The Balaban J connectivity index is 2.35. The molecule has 0 bridgehead atoms. The molecule has 1 heterocycles. The zero-order valence-electron chi connectivity index (χ0n) is 6.79. The van der Waals surface area contributed by atoms with Crippen molar-refractivity contribution in [3.05, 3.63) is 24.2 Å². The summed E-state index contributed by atoms with van der Waals surface area (Å²) in [6.07, 6.45) is 8.05. The normalized spacial score (nSPS) is 22.6. The summed E-state index contributed by atoms with van der Waals surface area (Å²) in [6.45, 7) is 2.12. The first-order valence-corrected chi connectivity index (χ1v) is 4.05. The Kier molecular flexibility index (Phi) is 3.02. The Morgan fingerprint density at radius 1 is 1.64 bits per heavy atom. The van der Waals surface area contributed by atoms with Crippen molar-refractivity contribution in [1.82, 2.24) is 0 Å². The van der Waals surface area contributed by atoms with Crippen molar-refractivity contribution in [3.8, 4) is 0 Å². The van der Waals surface area contributed by atoms with Crippen LogP contribution in [0.1, 0.15) is 26.2 Å². The highest BCUT2D eigenvalue weighted by Crippen LogP contribution is 2.15. The molecular weight excluding hydrogens is 140 g/mol. The second-order valence-corrected chi connectivity index (χ2v) is 2.69. The molecule has 2 nitrogen and oxygen atoms in total. The first kappa shape index (κ1) is 8.18. The van der Waals surface area contributed by atoms with Gasteiger partial charge in [-0.1, -0.05) is 13.3 Å². The van der Waals surface area contributed by atoms with Gasteiger partial charge in [-0.25, -0.2) is 0 Å². The van der Waals surface area contributed by atoms with E-state index in [1.807, 2.05) is 0 Å². The van der Waals surface area contributed by atoms with Crippen molar-refractivity contribution >= 4 is 0 Å². The van der Waals surface area contributed by atoms with E-state index in [0.717, 1.165) is 19.3 Å². The molecular formula is C9H14O2. The van der Waals surface area contributed by atoms with Gasteiger partial charge in [-0.15, -0.1) is 0 Å². The number of aliphatic hydroxyl groups is 1. The number of unbranched alkanes of at least 4 members (excludes halogenated alkanes) is 1. The topological polar surface area (TPSA) is 29.5 Å². The van der Waals surface area contributed by atoms with Gasteiger partial charge in [0, 0.05) is 0 Å². The van der Waals surface area contributed by atoms with Crippen LogP contribution in [-0.4, -0.2) is 11.2 Å². The fourth-order valence-electron chi connectivity index (χ4n) is 1.06. The zero-order chi connectivity index (χ0) is 8.10. The number of ether oxygens (including phenoxy) is 1. The summed E-state index contributed by atoms with van der Waals surface area (Å²) in [5.74, 6) is 0.348. The van der Waals surface area contributed by atoms with Crippen molar-refractivity contribution in [1.29, 1.82) is 0 Å². The summed E-state index contributed by atoms with van der Waals surface area (Å²) < 4.78 is 5.19. The Bertz CT molecular complexity index is 170. The molecule has 1 unspecified atom stereocenters. The first-order chi connectivity index (χ1) is 5.34. The summed E-state index contributed by atoms with van der Waals surface area (Å²) in [5, 5.41) is 9.28. The third-order valence-electron chi connectivity index (χ3n) is 1.74. The van der Waals surface area contributed by atoms with E-state index in [4.69, 9.17) is 4.74 Å². The average molecular weight is 154 g/mol. The van der Waals surface area contributed by atoms with Crippen molar-refractivity contribution in [2.24, 2.45) is 0 Å². The van der Waals surface area contributed by atoms with Crippen LogP contribution in [0.4, 0.5) is 0 Å². The van der Waals surface area contributed by atoms with Gasteiger partial charge in [-0.05, 0) is 25.0 Å². The van der Waals surface area contributed by atoms with Crippen LogP contribution in [0.3, 0.4) is 0 Å². The average Bonchev–Trinajstić information content (AvgIpc) is 2.03. The molecule has 1 aliphatic rings. The lowest BCUT2D eigenvalue weighted by atomic mass is 10.1. The van der Waals surface area contributed by atoms with Crippen LogP contribution in [0, 0.1) is 0 Å². The Hall–Kier alpha value is -0.920. The van der Waals surface area contributed by atoms with Crippen LogP contribution in [0.25, 0.3) is 0 Å². The Morgan fingerprint density at radius 3 is 3.09 bits per heavy atom. The molecule has 0 fully saturated rings. The number of hydrogen-bond acceptors (Lipinski definition) is 2. The van der Waals surface area contributed by atoms with Gasteiger partial charge in [0.1, 0.15) is 5.76 Å². The minimum atomic E-state index is -0.0973. The maximum absolute atomic E-state index is 9.28. The van der Waals surface area contributed by atoms with Gasteiger partial charge in [0.2, 0.25) is 0 Å². The van der Waals surface area contributed by atoms with Gasteiger partial charge >= 0.3 is 0 Å². The largest absolute Gasteiger partial charge is 0.508 e. The molecule has 0 aliphatic carbocycles. The van der Waals surface area contributed by atoms with Crippen LogP contribution in [-0.2, 0) is 4.74 Å². The lowest BCUT2D eigenvalue weighted by Gasteiger charge is -2.17. The van der Waals surface area contributed by atoms with Crippen LogP contribution in [0.5, 0.6) is 0 Å². The Labute approximate surface area is 67.2 Å². The van der Waals surface area contributed by atoms with Gasteiger partial charge in [-0.2, -0.15) is 0 Å². The van der Waals surface area contributed by atoms with Crippen molar-refractivity contribution in [2.45, 2.75) is 32.3 Å². The maximum Gasteiger partial charge on any atom is 0.154 e. The van der Waals surface area contributed by atoms with Gasteiger partial charge in [0.15, 0.2) is 6.10 Å². The molecule has 0 spiro atoms. The molecule has 11 heavy (non-hydrogen) atoms. The summed E-state index contributed by atoms with van der Waals surface area (Å²) in [4.78, 5) is 0. The quantitative estimate of drug-likeness (QED) is 0.676. The zero-order valence-corrected chi connectivity index (χ0v) is 6.79. The molecule has 0 radical (unpaired) electrons. The van der Waals surface area contributed by atoms with E-state index >= 15 is 0 Å². The molecule has 1 aliphatic heterocycles. The highest BCUT2D eigenvalue weighted by Gasteiger charge is 2.13. The molecule has 2 heteroatoms. The van der Waals surface area contributed by atoms with Crippen LogP contribution < -0.4 is 0 Å². The van der Waals surface area contributed by atoms with E-state index in [1.165, 1.54) is 0 Å². The predicted molar refractivity (Wildman–Crippen MR) is 44.2 cm³/mol. The van der Waals surface area contributed by atoms with Gasteiger partial charge in [0.25, 0.3) is 0 Å². The van der Waals surface area contributed by atoms with Crippen molar-refractivity contribution < 1.29 is 9.84 Å². The molecule has 0 aromatic rings. The highest BCUT2D eigenvalue weighted by molar-refractivity contribution is 5.12. The standard InChI is InChI=1S/C9H14O2/c1-2-3-6-9-8(10)5-4-7-11-9/h4-5,7,9-10H,2-3,6H2,1H3. The molecule has 1 atom stereocenters. The first-order valence-electron chi connectivity index (χ1n) is 4.05. The van der Waals surface area contributed by atoms with Crippen molar-refractivity contribution in [2.75, 3.05) is 0 Å². The summed E-state index contributed by atoms with van der Waals surface area (Å²) in [6, 6.07) is 0. The van der Waals surface area contributed by atoms with Crippen LogP contribution in [0.15, 0.2) is 24.2 Å². The maximum atomic E-state index is 9.28. The van der Waals surface area contributed by atoms with Gasteiger partial charge in [0.05, 0.1) is 6.26 Å². The summed E-state index contributed by atoms with van der Waals surface area (Å²) in [5.41, 5.74) is 0. The SMILES string of the molecule is CCCCC1OC=CC=C1O. The smallest absolute Gasteiger partial charge is 0.154 e. The van der Waals surface area contributed by atoms with Gasteiger partial charge in [-0.3, -0.25) is 0 Å². The van der Waals surface area contributed by atoms with Gasteiger partial charge < -0.3 is 9.84 Å². The number of allylic oxidation sites excluding steroid dienone is 2. The Morgan fingerprint density at radius 2 is 2.45 bits per heavy atom. The predicted octanol–water partition coefficient (Wildman–Crippen LogP) is 2.53. The minimum absolute atomic E-state index is 0.0973. The lowest BCUT2D eigenvalue weighted by molar-refractivity contribution is 0.114. The minimum Gasteiger partial charge on any atom is -0.508 e. The van der Waals surface area contributed by atoms with E-state index in [2.05, 4.69) is 6.92 Å². The number of aliphatic hydroxyl groups excluding tert-OH is 1. The summed E-state index contributed by atoms with van der Waals surface area (Å²) in [7, 11) is 0. The van der Waals surface area contributed by atoms with E-state index in [9.17, 15) is 5.11 Å². The van der Waals surface area contributed by atoms with Crippen molar-refractivity contribution in [3.63, 3.8) is 0 Å². The monoisotopic (exact) mass is 154 g/mol. The molecule has 0 aromatic heterocycles. The molecule has 0 amide bonds. The number of rotatable bonds is 3. The second kappa shape index (κ2) is 4.06. The van der Waals surface area contributed by atoms with Crippen LogP contribution >= 0.6 is 0 Å². The third kappa shape index (κ3) is 2.30. The number of hydrogen-bond donors (Lipinski definition) is 1. The molecule has 1 rings (SSSR count). The molecule has 1 N–H and O–H groups in total. The molecule has 0 saturated heterocycles. The van der Waals surface area contributed by atoms with Crippen LogP contribution in [0.2, 0.25) is 0 Å². The summed E-state index contributed by atoms with van der Waals surface area (Å²) >= 11 is 0. The molecule has 0 saturated carbocycles. The van der Waals surface area contributed by atoms with E-state index in [1.54, 1.807) is 18.4 Å². The molecule has 62 valence electrons. The fourth-order valence-corrected chi connectivity index (χ4v) is 1.06. The fraction of sp³-hybridized carbons (Fsp3) is 0.556. The van der Waals surface area contributed by atoms with E-state index in [-0.39, 0.29) is 6.10 Å².